The van der Waals surface area contributed by atoms with E-state index in [0.29, 0.717) is 13.1 Å². The highest BCUT2D eigenvalue weighted by Crippen LogP contribution is 2.27. The van der Waals surface area contributed by atoms with Crippen LogP contribution < -0.4 is 17.2 Å². The van der Waals surface area contributed by atoms with Crippen LogP contribution in [-0.2, 0) is 13.1 Å². The zero-order chi connectivity index (χ0) is 13.8. The standard InChI is InChI=1S/C15H18N4/c16-8-10-5-6-12(11(7-10)9-17)13-3-1-2-4-14(13)15(18)19/h1-7H,8-9,16-17H2,(H3,18,19). The highest BCUT2D eigenvalue weighted by atomic mass is 14.7. The molecular formula is C15H18N4. The van der Waals surface area contributed by atoms with E-state index in [9.17, 15) is 0 Å². The first kappa shape index (κ1) is 13.3. The SMILES string of the molecule is N=C(N)c1ccccc1-c1ccc(CN)cc1CN. The molecule has 0 spiro atoms. The smallest absolute Gasteiger partial charge is 0.123 e. The molecule has 0 fully saturated rings. The maximum Gasteiger partial charge on any atom is 0.123 e. The lowest BCUT2D eigenvalue weighted by atomic mass is 9.93. The molecule has 0 saturated heterocycles. The third kappa shape index (κ3) is 2.65. The molecule has 0 unspecified atom stereocenters. The molecule has 0 atom stereocenters. The third-order valence-electron chi connectivity index (χ3n) is 3.13. The molecule has 0 aromatic heterocycles. The van der Waals surface area contributed by atoms with Crippen LogP contribution in [0, 0.1) is 5.41 Å². The molecule has 7 N–H and O–H groups in total. The van der Waals surface area contributed by atoms with Gasteiger partial charge in [-0.3, -0.25) is 5.41 Å². The van der Waals surface area contributed by atoms with Gasteiger partial charge in [0.25, 0.3) is 0 Å². The van der Waals surface area contributed by atoms with Crippen LogP contribution in [0.3, 0.4) is 0 Å². The van der Waals surface area contributed by atoms with Crippen LogP contribution in [0.15, 0.2) is 42.5 Å². The van der Waals surface area contributed by atoms with Crippen molar-refractivity contribution in [2.24, 2.45) is 17.2 Å². The van der Waals surface area contributed by atoms with E-state index in [1.807, 2.05) is 42.5 Å². The Kier molecular flexibility index (Phi) is 3.94. The summed E-state index contributed by atoms with van der Waals surface area (Å²) in [7, 11) is 0. The molecule has 0 aliphatic rings. The van der Waals surface area contributed by atoms with Gasteiger partial charge in [0.2, 0.25) is 0 Å². The monoisotopic (exact) mass is 254 g/mol. The molecule has 2 aromatic carbocycles. The Hall–Kier alpha value is -2.17. The maximum absolute atomic E-state index is 7.66. The Balaban J connectivity index is 2.62. The van der Waals surface area contributed by atoms with Gasteiger partial charge in [0.15, 0.2) is 0 Å². The van der Waals surface area contributed by atoms with Gasteiger partial charge in [0.05, 0.1) is 0 Å². The largest absolute Gasteiger partial charge is 0.384 e. The van der Waals surface area contributed by atoms with Crippen molar-refractivity contribution in [3.63, 3.8) is 0 Å². The van der Waals surface area contributed by atoms with Crippen molar-refractivity contribution in [2.45, 2.75) is 13.1 Å². The van der Waals surface area contributed by atoms with Crippen molar-refractivity contribution in [1.82, 2.24) is 0 Å². The quantitative estimate of drug-likeness (QED) is 0.492. The van der Waals surface area contributed by atoms with Crippen LogP contribution in [0.4, 0.5) is 0 Å². The van der Waals surface area contributed by atoms with E-state index in [2.05, 4.69) is 0 Å². The van der Waals surface area contributed by atoms with Crippen LogP contribution >= 0.6 is 0 Å². The molecule has 0 aliphatic carbocycles. The Bertz CT molecular complexity index is 605. The van der Waals surface area contributed by atoms with Gasteiger partial charge in [0.1, 0.15) is 5.84 Å². The molecule has 0 amide bonds. The molecular weight excluding hydrogens is 236 g/mol. The lowest BCUT2D eigenvalue weighted by molar-refractivity contribution is 1.03. The fourth-order valence-electron chi connectivity index (χ4n) is 2.16. The van der Waals surface area contributed by atoms with Crippen molar-refractivity contribution >= 4 is 5.84 Å². The lowest BCUT2D eigenvalue weighted by Gasteiger charge is -2.13. The molecule has 0 radical (unpaired) electrons. The molecule has 0 aliphatic heterocycles. The fraction of sp³-hybridized carbons (Fsp3) is 0.133. The van der Waals surface area contributed by atoms with E-state index in [1.54, 1.807) is 0 Å². The topological polar surface area (TPSA) is 102 Å². The van der Waals surface area contributed by atoms with Crippen molar-refractivity contribution in [3.05, 3.63) is 59.2 Å². The average molecular weight is 254 g/mol. The Morgan fingerprint density at radius 2 is 1.68 bits per heavy atom. The number of amidine groups is 1. The van der Waals surface area contributed by atoms with Crippen molar-refractivity contribution < 1.29 is 0 Å². The number of rotatable bonds is 4. The molecule has 2 rings (SSSR count). The predicted molar refractivity (Wildman–Crippen MR) is 78.7 cm³/mol. The molecule has 2 aromatic rings. The Labute approximate surface area is 112 Å². The number of hydrogen-bond donors (Lipinski definition) is 4. The summed E-state index contributed by atoms with van der Waals surface area (Å²) in [6.45, 7) is 0.914. The highest BCUT2D eigenvalue weighted by Gasteiger charge is 2.10. The predicted octanol–water partition coefficient (Wildman–Crippen LogP) is 1.56. The minimum Gasteiger partial charge on any atom is -0.384 e. The second-order valence-electron chi connectivity index (χ2n) is 4.36. The summed E-state index contributed by atoms with van der Waals surface area (Å²) in [5, 5.41) is 7.66. The van der Waals surface area contributed by atoms with Crippen LogP contribution in [0.1, 0.15) is 16.7 Å². The van der Waals surface area contributed by atoms with Gasteiger partial charge in [-0.2, -0.15) is 0 Å². The second-order valence-corrected chi connectivity index (χ2v) is 4.36. The molecule has 19 heavy (non-hydrogen) atoms. The summed E-state index contributed by atoms with van der Waals surface area (Å²) in [6.07, 6.45) is 0. The van der Waals surface area contributed by atoms with Gasteiger partial charge in [-0.25, -0.2) is 0 Å². The first-order valence-corrected chi connectivity index (χ1v) is 6.13. The van der Waals surface area contributed by atoms with Gasteiger partial charge < -0.3 is 17.2 Å². The van der Waals surface area contributed by atoms with Gasteiger partial charge in [-0.15, -0.1) is 0 Å². The van der Waals surface area contributed by atoms with Gasteiger partial charge in [-0.05, 0) is 22.3 Å². The third-order valence-corrected chi connectivity index (χ3v) is 3.13. The van der Waals surface area contributed by atoms with Crippen LogP contribution in [0.25, 0.3) is 11.1 Å². The summed E-state index contributed by atoms with van der Waals surface area (Å²) in [4.78, 5) is 0. The van der Waals surface area contributed by atoms with Crippen molar-refractivity contribution in [2.75, 3.05) is 0 Å². The van der Waals surface area contributed by atoms with Crippen LogP contribution in [0.2, 0.25) is 0 Å². The fourth-order valence-corrected chi connectivity index (χ4v) is 2.16. The van der Waals surface area contributed by atoms with E-state index in [1.165, 1.54) is 0 Å². The second kappa shape index (κ2) is 5.65. The molecule has 0 heterocycles. The van der Waals surface area contributed by atoms with E-state index >= 15 is 0 Å². The first-order chi connectivity index (χ1) is 9.17. The number of benzene rings is 2. The van der Waals surface area contributed by atoms with Crippen molar-refractivity contribution in [1.29, 1.82) is 5.41 Å². The molecule has 4 heteroatoms. The Morgan fingerprint density at radius 1 is 0.947 bits per heavy atom. The van der Waals surface area contributed by atoms with Crippen LogP contribution in [-0.4, -0.2) is 5.84 Å². The van der Waals surface area contributed by atoms with Crippen LogP contribution in [0.5, 0.6) is 0 Å². The Morgan fingerprint density at radius 3 is 2.32 bits per heavy atom. The van der Waals surface area contributed by atoms with E-state index in [4.69, 9.17) is 22.6 Å². The maximum atomic E-state index is 7.66. The highest BCUT2D eigenvalue weighted by molar-refractivity contribution is 6.01. The minimum absolute atomic E-state index is 0.0569. The summed E-state index contributed by atoms with van der Waals surface area (Å²) in [5.41, 5.74) is 21.8. The number of nitrogens with one attached hydrogen (secondary N) is 1. The van der Waals surface area contributed by atoms with Gasteiger partial charge >= 0.3 is 0 Å². The molecule has 98 valence electrons. The zero-order valence-electron chi connectivity index (χ0n) is 10.7. The van der Waals surface area contributed by atoms with Gasteiger partial charge in [0, 0.05) is 18.7 Å². The first-order valence-electron chi connectivity index (χ1n) is 6.13. The number of nitrogen functional groups attached to an aromatic ring is 1. The van der Waals surface area contributed by atoms with E-state index in [0.717, 1.165) is 27.8 Å². The summed E-state index contributed by atoms with van der Waals surface area (Å²) in [5.74, 6) is 0.0569. The number of hydrogen-bond acceptors (Lipinski definition) is 3. The van der Waals surface area contributed by atoms with E-state index < -0.39 is 0 Å². The summed E-state index contributed by atoms with van der Waals surface area (Å²) in [6, 6.07) is 13.6. The number of nitrogens with two attached hydrogens (primary N) is 3. The minimum atomic E-state index is 0.0569. The summed E-state index contributed by atoms with van der Waals surface area (Å²) < 4.78 is 0. The molecule has 4 nitrogen and oxygen atoms in total. The molecule has 0 saturated carbocycles. The lowest BCUT2D eigenvalue weighted by Crippen LogP contribution is -2.13. The summed E-state index contributed by atoms with van der Waals surface area (Å²) >= 11 is 0. The normalized spacial score (nSPS) is 10.4. The van der Waals surface area contributed by atoms with Gasteiger partial charge in [-0.1, -0.05) is 42.5 Å². The zero-order valence-corrected chi connectivity index (χ0v) is 10.7. The van der Waals surface area contributed by atoms with Crippen molar-refractivity contribution in [3.8, 4) is 11.1 Å². The van der Waals surface area contributed by atoms with E-state index in [-0.39, 0.29) is 5.84 Å². The molecule has 0 bridgehead atoms. The average Bonchev–Trinajstić information content (AvgIpc) is 2.46.